The lowest BCUT2D eigenvalue weighted by Crippen LogP contribution is -2.45. The summed E-state index contributed by atoms with van der Waals surface area (Å²) in [4.78, 5) is 34.5. The third-order valence-corrected chi connectivity index (χ3v) is 2.69. The van der Waals surface area contributed by atoms with E-state index in [2.05, 4.69) is 11.9 Å². The maximum absolute atomic E-state index is 11.9. The maximum atomic E-state index is 11.9. The van der Waals surface area contributed by atoms with Gasteiger partial charge in [-0.2, -0.15) is 0 Å². The molecule has 5 heteroatoms. The summed E-state index contributed by atoms with van der Waals surface area (Å²) in [5, 5.41) is 2.50. The van der Waals surface area contributed by atoms with Crippen LogP contribution in [0.3, 0.4) is 0 Å². The first kappa shape index (κ1) is 17.4. The van der Waals surface area contributed by atoms with E-state index in [-0.39, 0.29) is 5.78 Å². The standard InChI is InChI=1S/C14H23NO4/c1-6-7-8-12(17)10(4)14(19-11(5)16)15-13(18)9(2)3/h10,14H,2,6-8H2,1,3-5H3,(H,15,18). The average molecular weight is 269 g/mol. The van der Waals surface area contributed by atoms with Gasteiger partial charge >= 0.3 is 5.97 Å². The number of carbonyl (C=O) groups excluding carboxylic acids is 3. The number of unbranched alkanes of at least 4 members (excludes halogenated alkanes) is 1. The quantitative estimate of drug-likeness (QED) is 0.415. The predicted octanol–water partition coefficient (Wildman–Crippen LogP) is 1.96. The van der Waals surface area contributed by atoms with Gasteiger partial charge in [0.05, 0.1) is 5.92 Å². The van der Waals surface area contributed by atoms with Crippen LogP contribution < -0.4 is 5.32 Å². The Bertz CT molecular complexity index is 362. The molecule has 0 radical (unpaired) electrons. The van der Waals surface area contributed by atoms with Crippen LogP contribution in [0.5, 0.6) is 0 Å². The van der Waals surface area contributed by atoms with E-state index in [1.807, 2.05) is 6.92 Å². The number of esters is 1. The van der Waals surface area contributed by atoms with Gasteiger partial charge in [-0.1, -0.05) is 26.8 Å². The second-order valence-corrected chi connectivity index (χ2v) is 4.64. The lowest BCUT2D eigenvalue weighted by atomic mass is 9.99. The van der Waals surface area contributed by atoms with E-state index in [0.717, 1.165) is 12.8 Å². The van der Waals surface area contributed by atoms with Crippen LogP contribution in [0.4, 0.5) is 0 Å². The highest BCUT2D eigenvalue weighted by Gasteiger charge is 2.27. The van der Waals surface area contributed by atoms with Gasteiger partial charge in [-0.15, -0.1) is 0 Å². The third-order valence-electron chi connectivity index (χ3n) is 2.69. The van der Waals surface area contributed by atoms with Gasteiger partial charge in [0.1, 0.15) is 5.78 Å². The number of hydrogen-bond donors (Lipinski definition) is 1. The van der Waals surface area contributed by atoms with Crippen molar-refractivity contribution in [3.05, 3.63) is 12.2 Å². The molecule has 0 spiro atoms. The van der Waals surface area contributed by atoms with E-state index in [0.29, 0.717) is 12.0 Å². The summed E-state index contributed by atoms with van der Waals surface area (Å²) in [5.41, 5.74) is 0.297. The van der Waals surface area contributed by atoms with Gasteiger partial charge < -0.3 is 10.1 Å². The molecule has 2 atom stereocenters. The minimum Gasteiger partial charge on any atom is -0.441 e. The van der Waals surface area contributed by atoms with Crippen LogP contribution in [0.25, 0.3) is 0 Å². The molecule has 0 aromatic carbocycles. The minimum absolute atomic E-state index is 0.0323. The largest absolute Gasteiger partial charge is 0.441 e. The van der Waals surface area contributed by atoms with Crippen molar-refractivity contribution in [2.75, 3.05) is 0 Å². The lowest BCUT2D eigenvalue weighted by molar-refractivity contribution is -0.154. The van der Waals surface area contributed by atoms with Crippen LogP contribution in [0.1, 0.15) is 47.0 Å². The van der Waals surface area contributed by atoms with Gasteiger partial charge in [-0.3, -0.25) is 14.4 Å². The zero-order valence-corrected chi connectivity index (χ0v) is 12.1. The third kappa shape index (κ3) is 6.74. The second kappa shape index (κ2) is 8.45. The van der Waals surface area contributed by atoms with Crippen molar-refractivity contribution in [2.45, 2.75) is 53.2 Å². The fourth-order valence-electron chi connectivity index (χ4n) is 1.44. The van der Waals surface area contributed by atoms with Gasteiger partial charge in [-0.25, -0.2) is 0 Å². The van der Waals surface area contributed by atoms with Crippen LogP contribution in [0.15, 0.2) is 12.2 Å². The molecule has 0 saturated heterocycles. The fraction of sp³-hybridized carbons (Fsp3) is 0.643. The van der Waals surface area contributed by atoms with Crippen LogP contribution in [0, 0.1) is 5.92 Å². The molecule has 1 amide bonds. The highest BCUT2D eigenvalue weighted by atomic mass is 16.6. The topological polar surface area (TPSA) is 72.5 Å². The van der Waals surface area contributed by atoms with E-state index in [4.69, 9.17) is 4.74 Å². The van der Waals surface area contributed by atoms with E-state index in [1.165, 1.54) is 6.92 Å². The van der Waals surface area contributed by atoms with Crippen LogP contribution >= 0.6 is 0 Å². The monoisotopic (exact) mass is 269 g/mol. The Balaban J connectivity index is 4.72. The molecule has 0 aromatic rings. The van der Waals surface area contributed by atoms with Crippen molar-refractivity contribution in [3.8, 4) is 0 Å². The van der Waals surface area contributed by atoms with Crippen LogP contribution in [-0.2, 0) is 19.1 Å². The van der Waals surface area contributed by atoms with Gasteiger partial charge in [0.25, 0.3) is 0 Å². The SMILES string of the molecule is C=C(C)C(=O)NC(OC(C)=O)C(C)C(=O)CCCC. The molecular weight excluding hydrogens is 246 g/mol. The summed E-state index contributed by atoms with van der Waals surface area (Å²) in [5.74, 6) is -1.57. The summed E-state index contributed by atoms with van der Waals surface area (Å²) in [6, 6.07) is 0. The van der Waals surface area contributed by atoms with Gasteiger partial charge in [0.2, 0.25) is 5.91 Å². The number of ketones is 1. The molecule has 0 rings (SSSR count). The summed E-state index contributed by atoms with van der Waals surface area (Å²) in [7, 11) is 0. The molecule has 0 fully saturated rings. The fourth-order valence-corrected chi connectivity index (χ4v) is 1.44. The lowest BCUT2D eigenvalue weighted by Gasteiger charge is -2.23. The Morgan fingerprint density at radius 3 is 2.26 bits per heavy atom. The first-order valence-electron chi connectivity index (χ1n) is 6.45. The van der Waals surface area contributed by atoms with Gasteiger partial charge in [0.15, 0.2) is 6.23 Å². The molecule has 0 bridgehead atoms. The van der Waals surface area contributed by atoms with E-state index < -0.39 is 24.0 Å². The highest BCUT2D eigenvalue weighted by molar-refractivity contribution is 5.93. The zero-order chi connectivity index (χ0) is 15.0. The van der Waals surface area contributed by atoms with Crippen molar-refractivity contribution in [3.63, 3.8) is 0 Å². The zero-order valence-electron chi connectivity index (χ0n) is 12.1. The molecule has 0 aliphatic heterocycles. The summed E-state index contributed by atoms with van der Waals surface area (Å²) < 4.78 is 5.00. The van der Waals surface area contributed by atoms with Gasteiger partial charge in [0, 0.05) is 18.9 Å². The predicted molar refractivity (Wildman–Crippen MR) is 72.2 cm³/mol. The summed E-state index contributed by atoms with van der Waals surface area (Å²) >= 11 is 0. The number of Topliss-reactive ketones (excluding diaryl/α,β-unsaturated/α-hetero) is 1. The Labute approximate surface area is 114 Å². The molecule has 0 aromatic heterocycles. The molecule has 1 N–H and O–H groups in total. The Morgan fingerprint density at radius 1 is 1.26 bits per heavy atom. The Morgan fingerprint density at radius 2 is 1.84 bits per heavy atom. The van der Waals surface area contributed by atoms with E-state index in [9.17, 15) is 14.4 Å². The molecule has 0 aliphatic rings. The van der Waals surface area contributed by atoms with E-state index >= 15 is 0 Å². The number of amides is 1. The Kier molecular flexibility index (Phi) is 7.72. The molecule has 0 aliphatic carbocycles. The number of ether oxygens (including phenoxy) is 1. The first-order valence-corrected chi connectivity index (χ1v) is 6.45. The van der Waals surface area contributed by atoms with Crippen LogP contribution in [-0.4, -0.2) is 23.9 Å². The molecule has 0 heterocycles. The molecule has 0 saturated carbocycles. The average Bonchev–Trinajstić information content (AvgIpc) is 2.33. The van der Waals surface area contributed by atoms with Crippen molar-refractivity contribution >= 4 is 17.7 Å². The second-order valence-electron chi connectivity index (χ2n) is 4.64. The maximum Gasteiger partial charge on any atom is 0.304 e. The Hall–Kier alpha value is -1.65. The number of rotatable bonds is 8. The molecule has 108 valence electrons. The van der Waals surface area contributed by atoms with Crippen molar-refractivity contribution in [2.24, 2.45) is 5.92 Å². The molecule has 19 heavy (non-hydrogen) atoms. The van der Waals surface area contributed by atoms with E-state index in [1.54, 1.807) is 13.8 Å². The number of hydrogen-bond acceptors (Lipinski definition) is 4. The molecule has 2 unspecified atom stereocenters. The summed E-state index contributed by atoms with van der Waals surface area (Å²) in [6.07, 6.45) is 1.17. The van der Waals surface area contributed by atoms with Crippen molar-refractivity contribution in [1.82, 2.24) is 5.32 Å². The molecule has 5 nitrogen and oxygen atoms in total. The molecular formula is C14H23NO4. The van der Waals surface area contributed by atoms with Crippen molar-refractivity contribution < 1.29 is 19.1 Å². The smallest absolute Gasteiger partial charge is 0.304 e. The summed E-state index contributed by atoms with van der Waals surface area (Å²) in [6.45, 7) is 9.92. The van der Waals surface area contributed by atoms with Crippen molar-refractivity contribution in [1.29, 1.82) is 0 Å². The number of nitrogens with one attached hydrogen (secondary N) is 1. The number of carbonyl (C=O) groups is 3. The minimum atomic E-state index is -0.939. The highest BCUT2D eigenvalue weighted by Crippen LogP contribution is 2.12. The van der Waals surface area contributed by atoms with Crippen LogP contribution in [0.2, 0.25) is 0 Å². The normalized spacial score (nSPS) is 13.3. The van der Waals surface area contributed by atoms with Gasteiger partial charge in [-0.05, 0) is 13.3 Å². The first-order chi connectivity index (χ1) is 8.79.